The molecule has 0 N–H and O–H groups in total. The molecule has 11 aromatic rings. The molecule has 0 amide bonds. The number of nitrogens with zero attached hydrogens (tertiary/aromatic N) is 1. The fourth-order valence-corrected chi connectivity index (χ4v) is 13.5. The van der Waals surface area contributed by atoms with Gasteiger partial charge in [0.25, 0.3) is 0 Å². The molecule has 0 aromatic heterocycles. The summed E-state index contributed by atoms with van der Waals surface area (Å²) < 4.78 is 0. The van der Waals surface area contributed by atoms with Gasteiger partial charge in [0.2, 0.25) is 0 Å². The van der Waals surface area contributed by atoms with Crippen LogP contribution in [0.2, 0.25) is 0 Å². The lowest BCUT2D eigenvalue weighted by Gasteiger charge is -2.37. The second-order valence-electron chi connectivity index (χ2n) is 20.5. The highest BCUT2D eigenvalue weighted by atomic mass is 15.1. The Hall–Kier alpha value is -8.26. The monoisotopic (exact) mass is 937 g/mol. The molecule has 0 radical (unpaired) electrons. The van der Waals surface area contributed by atoms with E-state index in [2.05, 4.69) is 270 Å². The number of fused-ring (bicyclic) bond motifs is 8. The van der Waals surface area contributed by atoms with E-state index in [0.717, 1.165) is 36.3 Å². The quantitative estimate of drug-likeness (QED) is 0.132. The van der Waals surface area contributed by atoms with Crippen LogP contribution in [0.1, 0.15) is 88.9 Å². The Kier molecular flexibility index (Phi) is 10.7. The lowest BCUT2D eigenvalue weighted by atomic mass is 9.64. The number of para-hydroxylation sites is 1. The second-order valence-corrected chi connectivity index (χ2v) is 20.5. The van der Waals surface area contributed by atoms with Crippen LogP contribution in [0.4, 0.5) is 17.1 Å². The normalized spacial score (nSPS) is 16.3. The van der Waals surface area contributed by atoms with Crippen molar-refractivity contribution in [1.29, 1.82) is 0 Å². The zero-order valence-electron chi connectivity index (χ0n) is 42.5. The summed E-state index contributed by atoms with van der Waals surface area (Å²) in [5, 5.41) is 5.43. The third-order valence-corrected chi connectivity index (χ3v) is 17.0. The highest BCUT2D eigenvalue weighted by Crippen LogP contribution is 2.59. The molecular formula is C72H59N. The Morgan fingerprint density at radius 3 is 1.55 bits per heavy atom. The van der Waals surface area contributed by atoms with E-state index in [1.54, 1.807) is 0 Å². The molecule has 2 atom stereocenters. The summed E-state index contributed by atoms with van der Waals surface area (Å²) in [6.45, 7) is 11.7. The molecule has 2 aliphatic carbocycles. The van der Waals surface area contributed by atoms with Crippen LogP contribution in [-0.4, -0.2) is 0 Å². The molecule has 0 saturated heterocycles. The predicted molar refractivity (Wildman–Crippen MR) is 309 cm³/mol. The number of aryl methyl sites for hydroxylation is 4. The summed E-state index contributed by atoms with van der Waals surface area (Å²) in [7, 11) is 0. The minimum Gasteiger partial charge on any atom is -0.310 e. The fraction of sp³-hybridized carbons (Fsp3) is 0.139. The maximum atomic E-state index is 2.49. The molecule has 13 rings (SSSR count). The second kappa shape index (κ2) is 17.5. The Morgan fingerprint density at radius 2 is 0.849 bits per heavy atom. The third kappa shape index (κ3) is 6.61. The molecular weight excluding hydrogens is 879 g/mol. The SMILES string of the molecule is CCc1cccc2c(C)c(C3(c4ccc5c(CC)cccc5c4CC)c4ccccc4-c4cc(-c5ccc(N(c6ccccc6)c6ccc7c(c6)-c6ccccc6[C@]7(C)c6ccccc6)cc5)ccc43)ccc12. The smallest absolute Gasteiger partial charge is 0.0719 e. The molecule has 1 unspecified atom stereocenters. The first-order valence-electron chi connectivity index (χ1n) is 26.4. The fourth-order valence-electron chi connectivity index (χ4n) is 13.5. The summed E-state index contributed by atoms with van der Waals surface area (Å²) >= 11 is 0. The van der Waals surface area contributed by atoms with E-state index in [1.807, 2.05) is 0 Å². The van der Waals surface area contributed by atoms with Crippen LogP contribution in [0, 0.1) is 6.92 Å². The van der Waals surface area contributed by atoms with Gasteiger partial charge in [-0.3, -0.25) is 0 Å². The van der Waals surface area contributed by atoms with Crippen LogP contribution in [0.3, 0.4) is 0 Å². The van der Waals surface area contributed by atoms with Gasteiger partial charge in [-0.25, -0.2) is 0 Å². The molecule has 1 nitrogen and oxygen atoms in total. The van der Waals surface area contributed by atoms with Crippen LogP contribution in [0.15, 0.2) is 231 Å². The van der Waals surface area contributed by atoms with Crippen molar-refractivity contribution in [3.8, 4) is 33.4 Å². The van der Waals surface area contributed by atoms with Gasteiger partial charge >= 0.3 is 0 Å². The van der Waals surface area contributed by atoms with Gasteiger partial charge in [0.15, 0.2) is 0 Å². The summed E-state index contributed by atoms with van der Waals surface area (Å²) in [5.74, 6) is 0. The first-order valence-corrected chi connectivity index (χ1v) is 26.4. The van der Waals surface area contributed by atoms with Crippen molar-refractivity contribution in [3.05, 3.63) is 292 Å². The van der Waals surface area contributed by atoms with Crippen LogP contribution in [0.5, 0.6) is 0 Å². The minimum atomic E-state index is -0.540. The van der Waals surface area contributed by atoms with Crippen LogP contribution >= 0.6 is 0 Å². The van der Waals surface area contributed by atoms with Crippen molar-refractivity contribution in [1.82, 2.24) is 0 Å². The molecule has 11 aromatic carbocycles. The molecule has 0 fully saturated rings. The van der Waals surface area contributed by atoms with E-state index in [0.29, 0.717) is 0 Å². The van der Waals surface area contributed by atoms with Crippen molar-refractivity contribution in [3.63, 3.8) is 0 Å². The van der Waals surface area contributed by atoms with E-state index in [1.165, 1.54) is 116 Å². The molecule has 352 valence electrons. The maximum Gasteiger partial charge on any atom is 0.0719 e. The van der Waals surface area contributed by atoms with Gasteiger partial charge in [-0.2, -0.15) is 0 Å². The van der Waals surface area contributed by atoms with Crippen molar-refractivity contribution >= 4 is 38.6 Å². The Bertz CT molecular complexity index is 3940. The lowest BCUT2D eigenvalue weighted by Crippen LogP contribution is -2.31. The maximum absolute atomic E-state index is 2.49. The summed E-state index contributed by atoms with van der Waals surface area (Å²) in [4.78, 5) is 2.41. The molecule has 0 saturated carbocycles. The van der Waals surface area contributed by atoms with Crippen molar-refractivity contribution < 1.29 is 0 Å². The summed E-state index contributed by atoms with van der Waals surface area (Å²) in [6, 6.07) is 87.4. The first kappa shape index (κ1) is 44.7. The average molecular weight is 938 g/mol. The predicted octanol–water partition coefficient (Wildman–Crippen LogP) is 18.8. The standard InChI is InChI=1S/C72H59N/c1-6-48-21-19-29-57-47(4)65(43-39-58(48)57)72(69-44-40-59-49(7-2)22-20-30-60(59)56(69)8-3)68-32-18-16-28-62(68)63-45-51(35-41-70(63)72)50-33-36-54(37-34-50)73(53-25-13-10-14-26-53)55-38-42-67-64(46-55)61-27-15-17-31-66(61)71(67,5)52-23-11-9-12-24-52/h9-46H,6-8H2,1-5H3/t71-,72?/m0/s1. The van der Waals surface area contributed by atoms with E-state index < -0.39 is 5.41 Å². The summed E-state index contributed by atoms with van der Waals surface area (Å²) in [5.41, 5.74) is 25.2. The number of anilines is 3. The number of hydrogen-bond acceptors (Lipinski definition) is 1. The van der Waals surface area contributed by atoms with Gasteiger partial charge in [0, 0.05) is 22.5 Å². The summed E-state index contributed by atoms with van der Waals surface area (Å²) in [6.07, 6.45) is 2.94. The highest BCUT2D eigenvalue weighted by molar-refractivity contribution is 5.97. The largest absolute Gasteiger partial charge is 0.310 e. The van der Waals surface area contributed by atoms with E-state index in [4.69, 9.17) is 0 Å². The van der Waals surface area contributed by atoms with E-state index >= 15 is 0 Å². The molecule has 0 spiro atoms. The topological polar surface area (TPSA) is 3.24 Å². The van der Waals surface area contributed by atoms with Gasteiger partial charge in [-0.05, 0) is 192 Å². The average Bonchev–Trinajstić information content (AvgIpc) is 3.89. The first-order chi connectivity index (χ1) is 35.9. The number of hydrogen-bond donors (Lipinski definition) is 0. The van der Waals surface area contributed by atoms with Crippen molar-refractivity contribution in [2.24, 2.45) is 0 Å². The lowest BCUT2D eigenvalue weighted by molar-refractivity contribution is 0.714. The molecule has 0 bridgehead atoms. The van der Waals surface area contributed by atoms with Crippen molar-refractivity contribution in [2.45, 2.75) is 64.7 Å². The Balaban J connectivity index is 0.964. The third-order valence-electron chi connectivity index (χ3n) is 17.0. The zero-order chi connectivity index (χ0) is 49.4. The van der Waals surface area contributed by atoms with Crippen LogP contribution in [0.25, 0.3) is 54.9 Å². The molecule has 0 aliphatic heterocycles. The highest BCUT2D eigenvalue weighted by Gasteiger charge is 2.48. The number of benzene rings is 11. The van der Waals surface area contributed by atoms with E-state index in [9.17, 15) is 0 Å². The molecule has 73 heavy (non-hydrogen) atoms. The van der Waals surface area contributed by atoms with E-state index in [-0.39, 0.29) is 5.41 Å². The Labute approximate surface area is 431 Å². The minimum absolute atomic E-state index is 0.250. The van der Waals surface area contributed by atoms with Gasteiger partial charge in [0.05, 0.1) is 5.41 Å². The van der Waals surface area contributed by atoms with Crippen LogP contribution < -0.4 is 4.90 Å². The molecule has 2 aliphatic rings. The molecule has 0 heterocycles. The Morgan fingerprint density at radius 1 is 0.342 bits per heavy atom. The zero-order valence-corrected chi connectivity index (χ0v) is 42.5. The number of rotatable bonds is 10. The van der Waals surface area contributed by atoms with Gasteiger partial charge in [0.1, 0.15) is 0 Å². The van der Waals surface area contributed by atoms with Crippen LogP contribution in [-0.2, 0) is 30.1 Å². The van der Waals surface area contributed by atoms with Gasteiger partial charge in [-0.15, -0.1) is 0 Å². The van der Waals surface area contributed by atoms with Crippen molar-refractivity contribution in [2.75, 3.05) is 4.90 Å². The molecule has 1 heteroatoms. The van der Waals surface area contributed by atoms with Gasteiger partial charge in [-0.1, -0.05) is 209 Å². The van der Waals surface area contributed by atoms with Gasteiger partial charge < -0.3 is 4.90 Å².